The summed E-state index contributed by atoms with van der Waals surface area (Å²) >= 11 is 0. The van der Waals surface area contributed by atoms with Gasteiger partial charge in [-0.15, -0.1) is 0 Å². The minimum absolute atomic E-state index is 0.0995. The van der Waals surface area contributed by atoms with Crippen LogP contribution in [-0.2, 0) is 4.79 Å². The van der Waals surface area contributed by atoms with E-state index < -0.39 is 0 Å². The highest BCUT2D eigenvalue weighted by Gasteiger charge is 2.33. The molecule has 0 spiro atoms. The van der Waals surface area contributed by atoms with Gasteiger partial charge < -0.3 is 10.2 Å². The van der Waals surface area contributed by atoms with Gasteiger partial charge in [-0.1, -0.05) is 17.7 Å². The monoisotopic (exact) mass is 261 g/mol. The van der Waals surface area contributed by atoms with Crippen molar-refractivity contribution in [3.63, 3.8) is 0 Å². The summed E-state index contributed by atoms with van der Waals surface area (Å²) in [5.41, 5.74) is 2.20. The van der Waals surface area contributed by atoms with E-state index in [1.807, 2.05) is 31.2 Å². The Kier molecular flexibility index (Phi) is 3.74. The van der Waals surface area contributed by atoms with Gasteiger partial charge in [-0.05, 0) is 19.1 Å². The number of nitrogens with one attached hydrogen (secondary N) is 1. The zero-order chi connectivity index (χ0) is 14.0. The summed E-state index contributed by atoms with van der Waals surface area (Å²) in [6.45, 7) is 2.61. The zero-order valence-electron chi connectivity index (χ0n) is 11.5. The molecule has 1 N–H and O–H groups in total. The first-order chi connectivity index (χ1) is 8.99. The quantitative estimate of drug-likeness (QED) is 0.901. The summed E-state index contributed by atoms with van der Waals surface area (Å²) < 4.78 is 0. The lowest BCUT2D eigenvalue weighted by Crippen LogP contribution is -2.55. The van der Waals surface area contributed by atoms with Crippen LogP contribution in [0.5, 0.6) is 0 Å². The van der Waals surface area contributed by atoms with E-state index in [2.05, 4.69) is 5.32 Å². The highest BCUT2D eigenvalue weighted by atomic mass is 16.2. The van der Waals surface area contributed by atoms with Crippen LogP contribution in [0.4, 0.5) is 10.5 Å². The third-order valence-corrected chi connectivity index (χ3v) is 3.51. The Labute approximate surface area is 113 Å². The van der Waals surface area contributed by atoms with Crippen LogP contribution >= 0.6 is 0 Å². The van der Waals surface area contributed by atoms with E-state index in [0.29, 0.717) is 13.0 Å². The Morgan fingerprint density at radius 1 is 1.21 bits per heavy atom. The zero-order valence-corrected chi connectivity index (χ0v) is 11.5. The average Bonchev–Trinajstić information content (AvgIpc) is 2.41. The molecule has 1 aliphatic rings. The maximum absolute atomic E-state index is 11.8. The standard InChI is InChI=1S/C14H19N3O2/c1-10-4-6-11(7-5-10)15-9-12-8-13(18)17(3)14(19)16(12)2/h4-7,12,15H,8-9H2,1-3H3. The van der Waals surface area contributed by atoms with E-state index >= 15 is 0 Å². The van der Waals surface area contributed by atoms with Crippen LogP contribution in [0.1, 0.15) is 12.0 Å². The van der Waals surface area contributed by atoms with Crippen LogP contribution in [0.2, 0.25) is 0 Å². The lowest BCUT2D eigenvalue weighted by Gasteiger charge is -2.36. The van der Waals surface area contributed by atoms with Gasteiger partial charge in [0.2, 0.25) is 5.91 Å². The second kappa shape index (κ2) is 5.30. The van der Waals surface area contributed by atoms with Crippen molar-refractivity contribution < 1.29 is 9.59 Å². The number of hydrogen-bond acceptors (Lipinski definition) is 3. The molecule has 1 heterocycles. The van der Waals surface area contributed by atoms with Crippen molar-refractivity contribution in [1.82, 2.24) is 9.80 Å². The molecule has 5 heteroatoms. The molecule has 0 bridgehead atoms. The lowest BCUT2D eigenvalue weighted by molar-refractivity contribution is -0.130. The number of carbonyl (C=O) groups is 2. The van der Waals surface area contributed by atoms with Gasteiger partial charge in [0.05, 0.1) is 6.04 Å². The number of aryl methyl sites for hydroxylation is 1. The molecule has 5 nitrogen and oxygen atoms in total. The van der Waals surface area contributed by atoms with Crippen LogP contribution in [0.15, 0.2) is 24.3 Å². The molecule has 1 aromatic rings. The maximum Gasteiger partial charge on any atom is 0.326 e. The van der Waals surface area contributed by atoms with Crippen molar-refractivity contribution in [2.45, 2.75) is 19.4 Å². The van der Waals surface area contributed by atoms with Gasteiger partial charge in [-0.2, -0.15) is 0 Å². The van der Waals surface area contributed by atoms with Crippen molar-refractivity contribution in [1.29, 1.82) is 0 Å². The second-order valence-corrected chi connectivity index (χ2v) is 4.95. The number of urea groups is 1. The highest BCUT2D eigenvalue weighted by molar-refractivity contribution is 5.96. The summed E-state index contributed by atoms with van der Waals surface area (Å²) in [5, 5.41) is 3.26. The topological polar surface area (TPSA) is 52.7 Å². The number of imide groups is 1. The van der Waals surface area contributed by atoms with E-state index in [9.17, 15) is 9.59 Å². The molecule has 0 aliphatic carbocycles. The number of likely N-dealkylation sites (N-methyl/N-ethyl adjacent to an activating group) is 1. The lowest BCUT2D eigenvalue weighted by atomic mass is 10.1. The third kappa shape index (κ3) is 2.86. The normalized spacial score (nSPS) is 19.8. The second-order valence-electron chi connectivity index (χ2n) is 4.95. The fourth-order valence-electron chi connectivity index (χ4n) is 2.09. The van der Waals surface area contributed by atoms with Crippen LogP contribution in [0.3, 0.4) is 0 Å². The summed E-state index contributed by atoms with van der Waals surface area (Å²) in [4.78, 5) is 26.3. The molecule has 19 heavy (non-hydrogen) atoms. The van der Waals surface area contributed by atoms with E-state index in [1.54, 1.807) is 11.9 Å². The number of hydrogen-bond donors (Lipinski definition) is 1. The number of carbonyl (C=O) groups excluding carboxylic acids is 2. The largest absolute Gasteiger partial charge is 0.383 e. The third-order valence-electron chi connectivity index (χ3n) is 3.51. The van der Waals surface area contributed by atoms with Gasteiger partial charge in [-0.25, -0.2) is 4.79 Å². The van der Waals surface area contributed by atoms with Crippen molar-refractivity contribution in [3.8, 4) is 0 Å². The molecule has 0 saturated carbocycles. The molecule has 102 valence electrons. The molecule has 2 rings (SSSR count). The van der Waals surface area contributed by atoms with Gasteiger partial charge in [0.15, 0.2) is 0 Å². The summed E-state index contributed by atoms with van der Waals surface area (Å²) in [5.74, 6) is -0.126. The summed E-state index contributed by atoms with van der Waals surface area (Å²) in [7, 11) is 3.25. The number of rotatable bonds is 3. The van der Waals surface area contributed by atoms with Crippen molar-refractivity contribution in [2.24, 2.45) is 0 Å². The molecular formula is C14H19N3O2. The average molecular weight is 261 g/mol. The summed E-state index contributed by atoms with van der Waals surface area (Å²) in [6, 6.07) is 7.69. The predicted octanol–water partition coefficient (Wildman–Crippen LogP) is 1.69. The molecule has 0 aromatic heterocycles. The van der Waals surface area contributed by atoms with Crippen molar-refractivity contribution in [2.75, 3.05) is 26.0 Å². The maximum atomic E-state index is 11.8. The fourth-order valence-corrected chi connectivity index (χ4v) is 2.09. The molecule has 1 saturated heterocycles. The van der Waals surface area contributed by atoms with Gasteiger partial charge in [0, 0.05) is 32.7 Å². The smallest absolute Gasteiger partial charge is 0.326 e. The Bertz CT molecular complexity index is 484. The molecule has 3 amide bonds. The van der Waals surface area contributed by atoms with E-state index in [-0.39, 0.29) is 18.0 Å². The minimum Gasteiger partial charge on any atom is -0.383 e. The molecule has 1 aromatic carbocycles. The van der Waals surface area contributed by atoms with E-state index in [1.165, 1.54) is 17.5 Å². The first-order valence-electron chi connectivity index (χ1n) is 6.33. The van der Waals surface area contributed by atoms with E-state index in [0.717, 1.165) is 5.69 Å². The van der Waals surface area contributed by atoms with E-state index in [4.69, 9.17) is 0 Å². The molecule has 1 atom stereocenters. The molecule has 0 radical (unpaired) electrons. The van der Waals surface area contributed by atoms with Gasteiger partial charge >= 0.3 is 6.03 Å². The Morgan fingerprint density at radius 2 is 1.84 bits per heavy atom. The molecule has 1 aliphatic heterocycles. The van der Waals surface area contributed by atoms with Crippen molar-refractivity contribution >= 4 is 17.6 Å². The van der Waals surface area contributed by atoms with Crippen molar-refractivity contribution in [3.05, 3.63) is 29.8 Å². The predicted molar refractivity (Wildman–Crippen MR) is 74.0 cm³/mol. The fraction of sp³-hybridized carbons (Fsp3) is 0.429. The number of anilines is 1. The van der Waals surface area contributed by atoms with Gasteiger partial charge in [0.25, 0.3) is 0 Å². The Morgan fingerprint density at radius 3 is 2.47 bits per heavy atom. The SMILES string of the molecule is Cc1ccc(NCC2CC(=O)N(C)C(=O)N2C)cc1. The van der Waals surface area contributed by atoms with Crippen LogP contribution in [0.25, 0.3) is 0 Å². The minimum atomic E-state index is -0.244. The first kappa shape index (κ1) is 13.4. The molecular weight excluding hydrogens is 242 g/mol. The Balaban J connectivity index is 1.97. The number of amides is 3. The van der Waals surface area contributed by atoms with Crippen LogP contribution in [0, 0.1) is 6.92 Å². The Hall–Kier alpha value is -2.04. The highest BCUT2D eigenvalue weighted by Crippen LogP contribution is 2.16. The number of nitrogens with zero attached hydrogens (tertiary/aromatic N) is 2. The molecule has 1 fully saturated rings. The van der Waals surface area contributed by atoms with Gasteiger partial charge in [0.1, 0.15) is 0 Å². The van der Waals surface area contributed by atoms with Crippen LogP contribution in [-0.4, -0.2) is 48.4 Å². The van der Waals surface area contributed by atoms with Crippen LogP contribution < -0.4 is 5.32 Å². The number of benzene rings is 1. The summed E-state index contributed by atoms with van der Waals surface area (Å²) in [6.07, 6.45) is 0.359. The van der Waals surface area contributed by atoms with Gasteiger partial charge in [-0.3, -0.25) is 9.69 Å². The molecule has 1 unspecified atom stereocenters. The first-order valence-corrected chi connectivity index (χ1v) is 6.33.